The van der Waals surface area contributed by atoms with E-state index in [2.05, 4.69) is 46.4 Å². The van der Waals surface area contributed by atoms with Gasteiger partial charge in [-0.05, 0) is 18.1 Å². The minimum Gasteiger partial charge on any atom is -0.304 e. The van der Waals surface area contributed by atoms with Crippen LogP contribution in [0.15, 0.2) is 0 Å². The van der Waals surface area contributed by atoms with E-state index in [-0.39, 0.29) is 9.52 Å². The first kappa shape index (κ1) is 13.2. The van der Waals surface area contributed by atoms with Crippen molar-refractivity contribution in [2.24, 2.45) is 0 Å². The van der Waals surface area contributed by atoms with E-state index in [0.29, 0.717) is 5.04 Å². The Morgan fingerprint density at radius 1 is 1.15 bits per heavy atom. The minimum atomic E-state index is 0.0709. The van der Waals surface area contributed by atoms with Gasteiger partial charge in [0.2, 0.25) is 0 Å². The van der Waals surface area contributed by atoms with Crippen LogP contribution in [0.5, 0.6) is 0 Å². The van der Waals surface area contributed by atoms with Gasteiger partial charge in [0.1, 0.15) is 0 Å². The topological polar surface area (TPSA) is 3.24 Å². The van der Waals surface area contributed by atoms with Crippen LogP contribution in [0, 0.1) is 0 Å². The van der Waals surface area contributed by atoms with Crippen molar-refractivity contribution in [2.75, 3.05) is 19.6 Å². The molecule has 2 heteroatoms. The molecule has 0 aliphatic carbocycles. The zero-order valence-electron chi connectivity index (χ0n) is 10.4. The number of hydrogen-bond acceptors (Lipinski definition) is 1. The van der Waals surface area contributed by atoms with Gasteiger partial charge in [-0.15, -0.1) is 0 Å². The lowest BCUT2D eigenvalue weighted by Gasteiger charge is -2.32. The molecule has 0 aromatic heterocycles. The fraction of sp³-hybridized carbons (Fsp3) is 1.00. The van der Waals surface area contributed by atoms with Crippen molar-refractivity contribution in [2.45, 2.75) is 52.1 Å². The first-order valence-electron chi connectivity index (χ1n) is 5.63. The highest BCUT2D eigenvalue weighted by atomic mass is 28.2. The van der Waals surface area contributed by atoms with Crippen LogP contribution in [0.3, 0.4) is 0 Å². The van der Waals surface area contributed by atoms with Crippen LogP contribution < -0.4 is 0 Å². The molecule has 0 heterocycles. The van der Waals surface area contributed by atoms with E-state index < -0.39 is 0 Å². The first-order valence-corrected chi connectivity index (χ1v) is 7.16. The molecule has 0 aromatic carbocycles. The Morgan fingerprint density at radius 3 is 1.92 bits per heavy atom. The van der Waals surface area contributed by atoms with E-state index >= 15 is 0 Å². The van der Waals surface area contributed by atoms with Gasteiger partial charge in [0.05, 0.1) is 0 Å². The summed E-state index contributed by atoms with van der Waals surface area (Å²) in [6.07, 6.45) is 0. The first-order chi connectivity index (χ1) is 5.91. The molecule has 0 atom stereocenters. The second kappa shape index (κ2) is 5.81. The van der Waals surface area contributed by atoms with Gasteiger partial charge in [0.15, 0.2) is 0 Å². The normalized spacial score (nSPS) is 13.8. The van der Waals surface area contributed by atoms with Crippen LogP contribution in [0.2, 0.25) is 10.6 Å². The molecular weight excluding hydrogens is 174 g/mol. The molecule has 80 valence electrons. The van der Waals surface area contributed by atoms with Crippen molar-refractivity contribution in [3.8, 4) is 0 Å². The summed E-state index contributed by atoms with van der Waals surface area (Å²) < 4.78 is 0. The summed E-state index contributed by atoms with van der Waals surface area (Å²) >= 11 is 0. The number of rotatable bonds is 6. The molecule has 0 aliphatic rings. The summed E-state index contributed by atoms with van der Waals surface area (Å²) in [4.78, 5) is 2.55. The molecule has 0 aliphatic heterocycles. The molecule has 0 saturated heterocycles. The maximum absolute atomic E-state index is 2.55. The average Bonchev–Trinajstić information content (AvgIpc) is 1.97. The third-order valence-corrected chi connectivity index (χ3v) is 4.65. The van der Waals surface area contributed by atoms with Gasteiger partial charge in [-0.2, -0.15) is 0 Å². The van der Waals surface area contributed by atoms with Gasteiger partial charge < -0.3 is 4.90 Å². The van der Waals surface area contributed by atoms with Gasteiger partial charge in [-0.3, -0.25) is 0 Å². The smallest absolute Gasteiger partial charge is 0.0305 e. The average molecular weight is 201 g/mol. The molecule has 13 heavy (non-hydrogen) atoms. The predicted molar refractivity (Wildman–Crippen MR) is 65.5 cm³/mol. The summed E-state index contributed by atoms with van der Waals surface area (Å²) in [7, 11) is 0.0709. The maximum Gasteiger partial charge on any atom is 0.0305 e. The van der Waals surface area contributed by atoms with Crippen LogP contribution in [-0.2, 0) is 0 Å². The lowest BCUT2D eigenvalue weighted by Crippen LogP contribution is -2.34. The summed E-state index contributed by atoms with van der Waals surface area (Å²) in [5.74, 6) is 0. The molecule has 0 rings (SSSR count). The summed E-state index contributed by atoms with van der Waals surface area (Å²) in [6.45, 7) is 17.8. The molecule has 0 radical (unpaired) electrons. The van der Waals surface area contributed by atoms with Crippen molar-refractivity contribution in [1.29, 1.82) is 0 Å². The molecule has 0 unspecified atom stereocenters. The molecule has 0 saturated carbocycles. The summed E-state index contributed by atoms with van der Waals surface area (Å²) in [5.41, 5.74) is 0.950. The standard InChI is InChI=1S/C11H27NSi/c1-7-12(8-2)9-11(5,6)13-10(3)4/h10H,7-9,13H2,1-6H3. The van der Waals surface area contributed by atoms with E-state index in [9.17, 15) is 0 Å². The molecular formula is C11H27NSi. The second-order valence-electron chi connectivity index (χ2n) is 5.22. The van der Waals surface area contributed by atoms with E-state index in [4.69, 9.17) is 0 Å². The molecule has 0 bridgehead atoms. The SMILES string of the molecule is CCN(CC)CC(C)(C)[SiH2]C(C)C. The maximum atomic E-state index is 2.55. The monoisotopic (exact) mass is 201 g/mol. The van der Waals surface area contributed by atoms with Crippen molar-refractivity contribution in [3.05, 3.63) is 0 Å². The van der Waals surface area contributed by atoms with Gasteiger partial charge in [0.25, 0.3) is 0 Å². The van der Waals surface area contributed by atoms with Crippen molar-refractivity contribution in [3.63, 3.8) is 0 Å². The van der Waals surface area contributed by atoms with Crippen LogP contribution >= 0.6 is 0 Å². The number of hydrogen-bond donors (Lipinski definition) is 0. The summed E-state index contributed by atoms with van der Waals surface area (Å²) in [6, 6.07) is 0. The predicted octanol–water partition coefficient (Wildman–Crippen LogP) is 2.52. The van der Waals surface area contributed by atoms with Crippen LogP contribution in [0.1, 0.15) is 41.5 Å². The fourth-order valence-corrected chi connectivity index (χ4v) is 4.88. The van der Waals surface area contributed by atoms with Crippen molar-refractivity contribution < 1.29 is 0 Å². The van der Waals surface area contributed by atoms with Crippen molar-refractivity contribution >= 4 is 9.52 Å². The van der Waals surface area contributed by atoms with Gasteiger partial charge in [-0.25, -0.2) is 0 Å². The minimum absolute atomic E-state index is 0.0709. The van der Waals surface area contributed by atoms with E-state index in [0.717, 1.165) is 5.54 Å². The highest BCUT2D eigenvalue weighted by molar-refractivity contribution is 6.41. The molecule has 0 amide bonds. The Balaban J connectivity index is 3.98. The lowest BCUT2D eigenvalue weighted by molar-refractivity contribution is 0.274. The third kappa shape index (κ3) is 6.27. The molecule has 0 fully saturated rings. The lowest BCUT2D eigenvalue weighted by atomic mass is 10.2. The van der Waals surface area contributed by atoms with Crippen LogP contribution in [0.25, 0.3) is 0 Å². The van der Waals surface area contributed by atoms with Gasteiger partial charge >= 0.3 is 0 Å². The van der Waals surface area contributed by atoms with E-state index in [1.165, 1.54) is 19.6 Å². The molecule has 1 nitrogen and oxygen atoms in total. The molecule has 0 spiro atoms. The Morgan fingerprint density at radius 2 is 1.62 bits per heavy atom. The third-order valence-electron chi connectivity index (χ3n) is 2.51. The fourth-order valence-electron chi connectivity index (χ4n) is 2.22. The Labute approximate surface area is 86.7 Å². The Kier molecular flexibility index (Phi) is 5.89. The highest BCUT2D eigenvalue weighted by Gasteiger charge is 2.21. The van der Waals surface area contributed by atoms with Gasteiger partial charge in [0, 0.05) is 16.1 Å². The number of nitrogens with zero attached hydrogens (tertiary/aromatic N) is 1. The largest absolute Gasteiger partial charge is 0.304 e. The zero-order chi connectivity index (χ0) is 10.5. The highest BCUT2D eigenvalue weighted by Crippen LogP contribution is 2.28. The quantitative estimate of drug-likeness (QED) is 0.597. The van der Waals surface area contributed by atoms with Gasteiger partial charge in [-0.1, -0.05) is 47.1 Å². The molecule has 0 N–H and O–H groups in total. The van der Waals surface area contributed by atoms with Crippen LogP contribution in [0.4, 0.5) is 0 Å². The Bertz CT molecular complexity index is 128. The second-order valence-corrected chi connectivity index (χ2v) is 9.18. The molecule has 0 aromatic rings. The van der Waals surface area contributed by atoms with E-state index in [1.54, 1.807) is 0 Å². The van der Waals surface area contributed by atoms with Crippen molar-refractivity contribution in [1.82, 2.24) is 4.90 Å². The van der Waals surface area contributed by atoms with Crippen LogP contribution in [-0.4, -0.2) is 34.1 Å². The van der Waals surface area contributed by atoms with E-state index in [1.807, 2.05) is 0 Å². The summed E-state index contributed by atoms with van der Waals surface area (Å²) in [5, 5.41) is 0.611. The zero-order valence-corrected chi connectivity index (χ0v) is 11.8. The Hall–Kier alpha value is 0.177.